The first kappa shape index (κ1) is 12.9. The molecule has 0 N–H and O–H groups in total. The van der Waals surface area contributed by atoms with Crippen LogP contribution in [-0.2, 0) is 6.42 Å². The number of hydrogen-bond donors (Lipinski definition) is 0. The summed E-state index contributed by atoms with van der Waals surface area (Å²) in [6, 6.07) is 7.88. The largest absolute Gasteiger partial charge is 0.293 e. The first-order valence-corrected chi connectivity index (χ1v) is 7.06. The smallest absolute Gasteiger partial charge is 0.177 e. The van der Waals surface area contributed by atoms with Gasteiger partial charge in [-0.2, -0.15) is 0 Å². The second-order valence-corrected chi connectivity index (χ2v) is 5.19. The van der Waals surface area contributed by atoms with Gasteiger partial charge in [-0.3, -0.25) is 4.79 Å². The summed E-state index contributed by atoms with van der Waals surface area (Å²) in [5.74, 6) is 0.134. The Kier molecular flexibility index (Phi) is 5.54. The number of halogens is 2. The van der Waals surface area contributed by atoms with Gasteiger partial charge in [0.1, 0.15) is 0 Å². The minimum atomic E-state index is -0.130. The first-order valence-electron chi connectivity index (χ1n) is 5.02. The maximum Gasteiger partial charge on any atom is 0.177 e. The summed E-state index contributed by atoms with van der Waals surface area (Å²) in [6.07, 6.45) is 2.21. The molecule has 1 rings (SSSR count). The average Bonchev–Trinajstić information content (AvgIpc) is 2.28. The number of carbonyl (C=O) groups is 1. The van der Waals surface area contributed by atoms with Crippen LogP contribution in [-0.4, -0.2) is 15.9 Å². The first-order chi connectivity index (χ1) is 7.19. The Hall–Kier alpha value is -0.150. The van der Waals surface area contributed by atoms with Crippen molar-refractivity contribution in [1.82, 2.24) is 0 Å². The monoisotopic (exact) mass is 332 g/mol. The van der Waals surface area contributed by atoms with Gasteiger partial charge < -0.3 is 0 Å². The van der Waals surface area contributed by atoms with E-state index in [1.54, 1.807) is 0 Å². The summed E-state index contributed by atoms with van der Waals surface area (Å²) >= 11 is 6.62. The van der Waals surface area contributed by atoms with Gasteiger partial charge in [-0.15, -0.1) is 0 Å². The highest BCUT2D eigenvalue weighted by Gasteiger charge is 2.14. The van der Waals surface area contributed by atoms with Crippen LogP contribution in [0.15, 0.2) is 24.3 Å². The standard InChI is InChI=1S/C12H14Br2O/c1-2-3-9-4-6-10(7-5-9)12(15)11(14)8-13/h4-7,11H,2-3,8H2,1H3. The fourth-order valence-corrected chi connectivity index (χ4v) is 1.93. The van der Waals surface area contributed by atoms with Gasteiger partial charge in [0.25, 0.3) is 0 Å². The van der Waals surface area contributed by atoms with Crippen LogP contribution in [0.3, 0.4) is 0 Å². The van der Waals surface area contributed by atoms with E-state index in [1.807, 2.05) is 24.3 Å². The maximum absolute atomic E-state index is 11.8. The molecule has 0 aliphatic rings. The summed E-state index contributed by atoms with van der Waals surface area (Å²) in [6.45, 7) is 2.15. The molecular weight excluding hydrogens is 320 g/mol. The second-order valence-electron chi connectivity index (χ2n) is 3.43. The Morgan fingerprint density at radius 3 is 2.40 bits per heavy atom. The molecule has 0 fully saturated rings. The van der Waals surface area contributed by atoms with Gasteiger partial charge in [0.05, 0.1) is 4.83 Å². The van der Waals surface area contributed by atoms with E-state index in [0.29, 0.717) is 5.33 Å². The summed E-state index contributed by atoms with van der Waals surface area (Å²) in [7, 11) is 0. The zero-order chi connectivity index (χ0) is 11.3. The van der Waals surface area contributed by atoms with Crippen molar-refractivity contribution in [3.8, 4) is 0 Å². The van der Waals surface area contributed by atoms with Gasteiger partial charge in [0, 0.05) is 10.9 Å². The number of aryl methyl sites for hydroxylation is 1. The van der Waals surface area contributed by atoms with Crippen LogP contribution in [0.2, 0.25) is 0 Å². The molecular formula is C12H14Br2O. The van der Waals surface area contributed by atoms with Crippen LogP contribution >= 0.6 is 31.9 Å². The summed E-state index contributed by atoms with van der Waals surface area (Å²) in [5, 5.41) is 0.641. The molecule has 0 amide bonds. The quantitative estimate of drug-likeness (QED) is 0.588. The highest BCUT2D eigenvalue weighted by atomic mass is 79.9. The van der Waals surface area contributed by atoms with Crippen molar-refractivity contribution >= 4 is 37.6 Å². The van der Waals surface area contributed by atoms with Gasteiger partial charge >= 0.3 is 0 Å². The van der Waals surface area contributed by atoms with Crippen molar-refractivity contribution in [2.75, 3.05) is 5.33 Å². The molecule has 0 bridgehead atoms. The molecule has 0 saturated heterocycles. The highest BCUT2D eigenvalue weighted by molar-refractivity contribution is 9.12. The molecule has 1 unspecified atom stereocenters. The van der Waals surface area contributed by atoms with E-state index in [9.17, 15) is 4.79 Å². The van der Waals surface area contributed by atoms with Gasteiger partial charge in [0.2, 0.25) is 0 Å². The molecule has 1 aromatic carbocycles. The number of alkyl halides is 2. The Morgan fingerprint density at radius 2 is 1.93 bits per heavy atom. The van der Waals surface area contributed by atoms with Crippen LogP contribution in [0.5, 0.6) is 0 Å². The molecule has 1 aromatic rings. The number of hydrogen-bond acceptors (Lipinski definition) is 1. The highest BCUT2D eigenvalue weighted by Crippen LogP contribution is 2.14. The molecule has 0 radical (unpaired) electrons. The van der Waals surface area contributed by atoms with Gasteiger partial charge in [-0.05, 0) is 12.0 Å². The van der Waals surface area contributed by atoms with Crippen molar-refractivity contribution in [1.29, 1.82) is 0 Å². The third-order valence-electron chi connectivity index (χ3n) is 2.20. The third kappa shape index (κ3) is 3.72. The van der Waals surface area contributed by atoms with Crippen LogP contribution in [0.25, 0.3) is 0 Å². The average molecular weight is 334 g/mol. The van der Waals surface area contributed by atoms with E-state index < -0.39 is 0 Å². The number of ketones is 1. The second kappa shape index (κ2) is 6.44. The maximum atomic E-state index is 11.8. The number of rotatable bonds is 5. The molecule has 0 aliphatic carbocycles. The molecule has 1 atom stereocenters. The predicted octanol–water partition coefficient (Wildman–Crippen LogP) is 3.98. The Bertz CT molecular complexity index is 319. The van der Waals surface area contributed by atoms with E-state index in [0.717, 1.165) is 18.4 Å². The number of benzene rings is 1. The zero-order valence-corrected chi connectivity index (χ0v) is 11.8. The van der Waals surface area contributed by atoms with E-state index in [-0.39, 0.29) is 10.6 Å². The van der Waals surface area contributed by atoms with Crippen LogP contribution in [0.4, 0.5) is 0 Å². The Morgan fingerprint density at radius 1 is 1.33 bits per heavy atom. The Labute approximate surface area is 108 Å². The van der Waals surface area contributed by atoms with Crippen molar-refractivity contribution in [2.24, 2.45) is 0 Å². The summed E-state index contributed by atoms with van der Waals surface area (Å²) < 4.78 is 0. The molecule has 1 nitrogen and oxygen atoms in total. The lowest BCUT2D eigenvalue weighted by Crippen LogP contribution is -2.15. The molecule has 0 aliphatic heterocycles. The number of carbonyl (C=O) groups excluding carboxylic acids is 1. The molecule has 0 spiro atoms. The van der Waals surface area contributed by atoms with Gasteiger partial charge in [-0.1, -0.05) is 69.5 Å². The third-order valence-corrected chi connectivity index (χ3v) is 4.45. The summed E-state index contributed by atoms with van der Waals surface area (Å²) in [4.78, 5) is 11.6. The van der Waals surface area contributed by atoms with E-state index >= 15 is 0 Å². The van der Waals surface area contributed by atoms with Crippen molar-refractivity contribution in [3.05, 3.63) is 35.4 Å². The zero-order valence-electron chi connectivity index (χ0n) is 8.67. The van der Waals surface area contributed by atoms with Crippen LogP contribution in [0.1, 0.15) is 29.3 Å². The molecule has 3 heteroatoms. The summed E-state index contributed by atoms with van der Waals surface area (Å²) in [5.41, 5.74) is 2.06. The Balaban J connectivity index is 2.75. The van der Waals surface area contributed by atoms with Crippen molar-refractivity contribution in [2.45, 2.75) is 24.6 Å². The van der Waals surface area contributed by atoms with Crippen molar-refractivity contribution in [3.63, 3.8) is 0 Å². The fraction of sp³-hybridized carbons (Fsp3) is 0.417. The SMILES string of the molecule is CCCc1ccc(C(=O)C(Br)CBr)cc1. The fourth-order valence-electron chi connectivity index (χ4n) is 1.38. The molecule has 0 heterocycles. The van der Waals surface area contributed by atoms with Gasteiger partial charge in [-0.25, -0.2) is 0 Å². The van der Waals surface area contributed by atoms with E-state index in [1.165, 1.54) is 5.56 Å². The predicted molar refractivity (Wildman–Crippen MR) is 71.3 cm³/mol. The minimum absolute atomic E-state index is 0.130. The minimum Gasteiger partial charge on any atom is -0.293 e. The van der Waals surface area contributed by atoms with E-state index in [2.05, 4.69) is 38.8 Å². The van der Waals surface area contributed by atoms with Gasteiger partial charge in [0.15, 0.2) is 5.78 Å². The number of Topliss-reactive ketones (excluding diaryl/α,β-unsaturated/α-hetero) is 1. The molecule has 0 saturated carbocycles. The van der Waals surface area contributed by atoms with E-state index in [4.69, 9.17) is 0 Å². The lowest BCUT2D eigenvalue weighted by atomic mass is 10.0. The lowest BCUT2D eigenvalue weighted by Gasteiger charge is -2.05. The van der Waals surface area contributed by atoms with Crippen LogP contribution < -0.4 is 0 Å². The molecule has 0 aromatic heterocycles. The topological polar surface area (TPSA) is 17.1 Å². The normalized spacial score (nSPS) is 12.5. The van der Waals surface area contributed by atoms with Crippen molar-refractivity contribution < 1.29 is 4.79 Å². The molecule has 82 valence electrons. The molecule has 15 heavy (non-hydrogen) atoms. The van der Waals surface area contributed by atoms with Crippen LogP contribution in [0, 0.1) is 0 Å². The lowest BCUT2D eigenvalue weighted by molar-refractivity contribution is 0.0997.